The minimum Gasteiger partial charge on any atom is -0.497 e. The lowest BCUT2D eigenvalue weighted by Gasteiger charge is -2.35. The fraction of sp³-hybridized carbons (Fsp3) is 0.812. The zero-order valence-corrected chi connectivity index (χ0v) is 23.6. The van der Waals surface area contributed by atoms with E-state index < -0.39 is 0 Å². The van der Waals surface area contributed by atoms with E-state index in [1.165, 1.54) is 134 Å². The van der Waals surface area contributed by atoms with E-state index in [-0.39, 0.29) is 5.41 Å². The number of hydrogen-bond donors (Lipinski definition) is 1. The molecule has 1 rings (SSSR count). The normalized spacial score (nSPS) is 13.2. The summed E-state index contributed by atoms with van der Waals surface area (Å²) in [6, 6.07) is 6.31. The Kier molecular flexibility index (Phi) is 18.2. The Bertz CT molecular complexity index is 599. The van der Waals surface area contributed by atoms with Crippen molar-refractivity contribution in [3.05, 3.63) is 23.8 Å². The summed E-state index contributed by atoms with van der Waals surface area (Å²) in [5.74, 6) is 0.945. The molecule has 0 aliphatic heterocycles. The number of nitrogens with two attached hydrogens (primary N) is 1. The molecule has 0 amide bonds. The molecule has 2 heteroatoms. The monoisotopic (exact) mass is 473 g/mol. The van der Waals surface area contributed by atoms with Gasteiger partial charge in [-0.1, -0.05) is 136 Å². The van der Waals surface area contributed by atoms with E-state index in [0.29, 0.717) is 0 Å². The summed E-state index contributed by atoms with van der Waals surface area (Å²) in [5, 5.41) is 0. The Morgan fingerprint density at radius 1 is 0.618 bits per heavy atom. The maximum Gasteiger partial charge on any atom is 0.119 e. The first-order valence-electron chi connectivity index (χ1n) is 15.1. The zero-order chi connectivity index (χ0) is 24.9. The molecule has 34 heavy (non-hydrogen) atoms. The summed E-state index contributed by atoms with van der Waals surface area (Å²) < 4.78 is 5.59. The second kappa shape index (κ2) is 20.1. The van der Waals surface area contributed by atoms with Crippen molar-refractivity contribution >= 4 is 5.69 Å². The minimum absolute atomic E-state index is 0.195. The first-order valence-corrected chi connectivity index (χ1v) is 15.1. The molecule has 0 bridgehead atoms. The van der Waals surface area contributed by atoms with Gasteiger partial charge in [-0.3, -0.25) is 0 Å². The predicted molar refractivity (Wildman–Crippen MR) is 153 cm³/mol. The summed E-state index contributed by atoms with van der Waals surface area (Å²) in [4.78, 5) is 0. The molecule has 0 saturated carbocycles. The molecular weight excluding hydrogens is 414 g/mol. The minimum atomic E-state index is 0.195. The van der Waals surface area contributed by atoms with E-state index >= 15 is 0 Å². The third-order valence-corrected chi connectivity index (χ3v) is 8.03. The Morgan fingerprint density at radius 2 is 1.03 bits per heavy atom. The van der Waals surface area contributed by atoms with Crippen LogP contribution in [0, 0.1) is 0 Å². The molecule has 1 aromatic rings. The first kappa shape index (κ1) is 30.9. The van der Waals surface area contributed by atoms with Crippen molar-refractivity contribution in [1.82, 2.24) is 0 Å². The summed E-state index contributed by atoms with van der Waals surface area (Å²) in [6.45, 7) is 6.97. The fourth-order valence-electron chi connectivity index (χ4n) is 5.61. The highest BCUT2D eigenvalue weighted by Gasteiger charge is 2.31. The van der Waals surface area contributed by atoms with Gasteiger partial charge in [0.1, 0.15) is 5.75 Å². The van der Waals surface area contributed by atoms with Crippen molar-refractivity contribution in [3.63, 3.8) is 0 Å². The van der Waals surface area contributed by atoms with Crippen molar-refractivity contribution in [3.8, 4) is 5.75 Å². The van der Waals surface area contributed by atoms with Gasteiger partial charge in [0.05, 0.1) is 7.11 Å². The Labute approximate surface area is 213 Å². The number of hydrogen-bond acceptors (Lipinski definition) is 2. The zero-order valence-electron chi connectivity index (χ0n) is 23.6. The molecule has 1 unspecified atom stereocenters. The van der Waals surface area contributed by atoms with Crippen LogP contribution >= 0.6 is 0 Å². The molecule has 0 aromatic heterocycles. The van der Waals surface area contributed by atoms with E-state index in [4.69, 9.17) is 10.5 Å². The van der Waals surface area contributed by atoms with Crippen LogP contribution < -0.4 is 10.5 Å². The van der Waals surface area contributed by atoms with Gasteiger partial charge in [-0.15, -0.1) is 0 Å². The first-order chi connectivity index (χ1) is 16.6. The SMILES string of the molecule is CCCCCCCCCCCCC(CC)(CCCCCCCCCC)c1cc(OC)ccc1N. The highest BCUT2D eigenvalue weighted by molar-refractivity contribution is 5.54. The lowest BCUT2D eigenvalue weighted by atomic mass is 9.70. The van der Waals surface area contributed by atoms with Gasteiger partial charge in [0.15, 0.2) is 0 Å². The summed E-state index contributed by atoms with van der Waals surface area (Å²) in [5.41, 5.74) is 9.06. The van der Waals surface area contributed by atoms with Crippen LogP contribution in [0.2, 0.25) is 0 Å². The van der Waals surface area contributed by atoms with Crippen molar-refractivity contribution in [2.24, 2.45) is 0 Å². The molecule has 2 nitrogen and oxygen atoms in total. The third-order valence-electron chi connectivity index (χ3n) is 8.03. The lowest BCUT2D eigenvalue weighted by Crippen LogP contribution is -2.27. The van der Waals surface area contributed by atoms with Crippen molar-refractivity contribution < 1.29 is 4.74 Å². The smallest absolute Gasteiger partial charge is 0.119 e. The number of ether oxygens (including phenoxy) is 1. The average Bonchev–Trinajstić information content (AvgIpc) is 2.86. The number of methoxy groups -OCH3 is 1. The summed E-state index contributed by atoms with van der Waals surface area (Å²) in [6.07, 6.45) is 28.6. The maximum atomic E-state index is 6.57. The lowest BCUT2D eigenvalue weighted by molar-refractivity contribution is 0.320. The molecule has 1 atom stereocenters. The molecule has 0 spiro atoms. The largest absolute Gasteiger partial charge is 0.497 e. The molecular formula is C32H59NO. The standard InChI is InChI=1S/C32H59NO/c1-5-8-10-12-14-16-17-19-21-23-27-32(7-3,26-22-20-18-15-13-11-9-6-2)30-28-29(34-4)24-25-31(30)33/h24-25,28H,5-23,26-27,33H2,1-4H3. The van der Waals surface area contributed by atoms with Crippen LogP contribution in [0.1, 0.15) is 161 Å². The number of unbranched alkanes of at least 4 members (excludes halogenated alkanes) is 16. The van der Waals surface area contributed by atoms with Crippen molar-refractivity contribution in [2.75, 3.05) is 12.8 Å². The van der Waals surface area contributed by atoms with Gasteiger partial charge in [-0.2, -0.15) is 0 Å². The third kappa shape index (κ3) is 12.5. The van der Waals surface area contributed by atoms with Crippen LogP contribution in [0.25, 0.3) is 0 Å². The molecule has 0 fully saturated rings. The fourth-order valence-corrected chi connectivity index (χ4v) is 5.61. The summed E-state index contributed by atoms with van der Waals surface area (Å²) >= 11 is 0. The highest BCUT2D eigenvalue weighted by Crippen LogP contribution is 2.43. The number of rotatable bonds is 23. The van der Waals surface area contributed by atoms with Crippen LogP contribution in [0.4, 0.5) is 5.69 Å². The number of nitrogen functional groups attached to an aromatic ring is 1. The van der Waals surface area contributed by atoms with E-state index in [1.807, 2.05) is 6.07 Å². The van der Waals surface area contributed by atoms with E-state index in [2.05, 4.69) is 32.9 Å². The topological polar surface area (TPSA) is 35.2 Å². The van der Waals surface area contributed by atoms with Crippen LogP contribution in [0.15, 0.2) is 18.2 Å². The molecule has 198 valence electrons. The van der Waals surface area contributed by atoms with E-state index in [0.717, 1.165) is 17.9 Å². The van der Waals surface area contributed by atoms with Gasteiger partial charge in [0, 0.05) is 5.69 Å². The van der Waals surface area contributed by atoms with Crippen LogP contribution in [0.5, 0.6) is 5.75 Å². The van der Waals surface area contributed by atoms with Gasteiger partial charge < -0.3 is 10.5 Å². The van der Waals surface area contributed by atoms with Gasteiger partial charge in [-0.05, 0) is 48.4 Å². The second-order valence-corrected chi connectivity index (χ2v) is 10.7. The van der Waals surface area contributed by atoms with Gasteiger partial charge in [0.2, 0.25) is 0 Å². The van der Waals surface area contributed by atoms with Crippen LogP contribution in [0.3, 0.4) is 0 Å². The molecule has 0 aliphatic rings. The highest BCUT2D eigenvalue weighted by atomic mass is 16.5. The molecule has 0 saturated heterocycles. The molecule has 0 radical (unpaired) electrons. The van der Waals surface area contributed by atoms with Gasteiger partial charge in [-0.25, -0.2) is 0 Å². The Hall–Kier alpha value is -1.18. The van der Waals surface area contributed by atoms with Crippen molar-refractivity contribution in [1.29, 1.82) is 0 Å². The maximum absolute atomic E-state index is 6.57. The second-order valence-electron chi connectivity index (χ2n) is 10.7. The van der Waals surface area contributed by atoms with E-state index in [9.17, 15) is 0 Å². The average molecular weight is 474 g/mol. The molecule has 0 aliphatic carbocycles. The van der Waals surface area contributed by atoms with Gasteiger partial charge >= 0.3 is 0 Å². The Morgan fingerprint density at radius 3 is 1.41 bits per heavy atom. The van der Waals surface area contributed by atoms with Crippen molar-refractivity contribution in [2.45, 2.75) is 161 Å². The predicted octanol–water partition coefficient (Wildman–Crippen LogP) is 10.8. The van der Waals surface area contributed by atoms with Gasteiger partial charge in [0.25, 0.3) is 0 Å². The summed E-state index contributed by atoms with van der Waals surface area (Å²) in [7, 11) is 1.77. The quantitative estimate of drug-likeness (QED) is 0.127. The number of anilines is 1. The molecule has 0 heterocycles. The van der Waals surface area contributed by atoms with E-state index in [1.54, 1.807) is 7.11 Å². The number of benzene rings is 1. The van der Waals surface area contributed by atoms with Crippen LogP contribution in [-0.2, 0) is 5.41 Å². The molecule has 2 N–H and O–H groups in total. The molecule has 1 aromatic carbocycles. The van der Waals surface area contributed by atoms with Crippen LogP contribution in [-0.4, -0.2) is 7.11 Å². The Balaban J connectivity index is 2.58.